The van der Waals surface area contributed by atoms with Crippen LogP contribution in [-0.2, 0) is 11.3 Å². The van der Waals surface area contributed by atoms with Gasteiger partial charge in [-0.2, -0.15) is 5.06 Å². The van der Waals surface area contributed by atoms with Gasteiger partial charge in [-0.05, 0) is 29.8 Å². The fourth-order valence-electron chi connectivity index (χ4n) is 3.77. The highest BCUT2D eigenvalue weighted by molar-refractivity contribution is 5.91. The summed E-state index contributed by atoms with van der Waals surface area (Å²) in [5, 5.41) is 8.03. The Bertz CT molecular complexity index is 1280. The number of aromatic nitrogens is 3. The average Bonchev–Trinajstić information content (AvgIpc) is 3.61. The van der Waals surface area contributed by atoms with E-state index in [0.717, 1.165) is 11.3 Å². The molecule has 2 heterocycles. The van der Waals surface area contributed by atoms with E-state index in [1.807, 2.05) is 18.2 Å². The van der Waals surface area contributed by atoms with Gasteiger partial charge in [0.1, 0.15) is 0 Å². The molecule has 0 aliphatic heterocycles. The molecule has 0 radical (unpaired) electrons. The van der Waals surface area contributed by atoms with E-state index < -0.39 is 6.03 Å². The van der Waals surface area contributed by atoms with Crippen molar-refractivity contribution in [1.29, 1.82) is 0 Å². The molecule has 11 nitrogen and oxygen atoms in total. The molecule has 0 spiro atoms. The lowest BCUT2D eigenvalue weighted by Crippen LogP contribution is -2.40. The van der Waals surface area contributed by atoms with E-state index >= 15 is 0 Å². The van der Waals surface area contributed by atoms with Gasteiger partial charge < -0.3 is 29.0 Å². The first-order valence-corrected chi connectivity index (χ1v) is 11.0. The van der Waals surface area contributed by atoms with Gasteiger partial charge in [0.05, 0.1) is 46.7 Å². The second-order valence-corrected chi connectivity index (χ2v) is 7.57. The highest BCUT2D eigenvalue weighted by atomic mass is 16.7. The molecular weight excluding hydrogens is 466 g/mol. The van der Waals surface area contributed by atoms with Gasteiger partial charge in [0.25, 0.3) is 0 Å². The van der Waals surface area contributed by atoms with Crippen LogP contribution in [0.25, 0.3) is 22.5 Å². The number of methoxy groups -OCH3 is 3. The predicted octanol–water partition coefficient (Wildman–Crippen LogP) is 4.08. The van der Waals surface area contributed by atoms with Gasteiger partial charge in [0, 0.05) is 36.0 Å². The minimum Gasteiger partial charge on any atom is -0.493 e. The zero-order chi connectivity index (χ0) is 25.5. The Balaban J connectivity index is 1.60. The molecule has 2 aromatic carbocycles. The summed E-state index contributed by atoms with van der Waals surface area (Å²) in [5.41, 5.74) is 3.62. The first kappa shape index (κ1) is 24.6. The van der Waals surface area contributed by atoms with Crippen molar-refractivity contribution in [2.75, 3.05) is 40.0 Å². The van der Waals surface area contributed by atoms with Crippen LogP contribution in [0.3, 0.4) is 0 Å². The molecule has 0 atom stereocenters. The van der Waals surface area contributed by atoms with Gasteiger partial charge in [-0.25, -0.2) is 9.78 Å². The van der Waals surface area contributed by atoms with Gasteiger partial charge >= 0.3 is 6.03 Å². The third-order valence-corrected chi connectivity index (χ3v) is 5.48. The number of hydrogen-bond acceptors (Lipinski definition) is 8. The highest BCUT2D eigenvalue weighted by Gasteiger charge is 2.21. The van der Waals surface area contributed by atoms with Crippen LogP contribution in [0.15, 0.2) is 59.6 Å². The lowest BCUT2D eigenvalue weighted by atomic mass is 10.0. The largest absolute Gasteiger partial charge is 0.493 e. The summed E-state index contributed by atoms with van der Waals surface area (Å²) < 4.78 is 22.0. The molecule has 4 aromatic rings. The molecule has 0 bridgehead atoms. The molecule has 0 aliphatic rings. The Hall–Kier alpha value is -4.51. The fraction of sp³-hybridized carbons (Fsp3) is 0.240. The van der Waals surface area contributed by atoms with E-state index in [-0.39, 0.29) is 0 Å². The monoisotopic (exact) mass is 493 g/mol. The number of carbonyl (C=O) groups excluding carboxylic acids is 1. The SMILES string of the molecule is COc1cc(-c2oncc2-c2cccc(N(OC)C(=O)NCCc3cnc[nH]3)c2)cc(OC)c1OC. The molecule has 2 N–H and O–H groups in total. The van der Waals surface area contributed by atoms with Gasteiger partial charge in [-0.1, -0.05) is 17.3 Å². The third-order valence-electron chi connectivity index (χ3n) is 5.48. The molecule has 188 valence electrons. The van der Waals surface area contributed by atoms with Crippen molar-refractivity contribution in [2.45, 2.75) is 6.42 Å². The Labute approximate surface area is 207 Å². The molecular formula is C25H27N5O6. The molecule has 0 aliphatic carbocycles. The van der Waals surface area contributed by atoms with Gasteiger partial charge in [0.2, 0.25) is 5.75 Å². The lowest BCUT2D eigenvalue weighted by Gasteiger charge is -2.20. The molecule has 0 unspecified atom stereocenters. The summed E-state index contributed by atoms with van der Waals surface area (Å²) >= 11 is 0. The second-order valence-electron chi connectivity index (χ2n) is 7.57. The van der Waals surface area contributed by atoms with E-state index in [9.17, 15) is 4.79 Å². The maximum absolute atomic E-state index is 12.8. The number of carbonyl (C=O) groups is 1. The number of hydrogen-bond donors (Lipinski definition) is 2. The van der Waals surface area contributed by atoms with Gasteiger partial charge in [-0.3, -0.25) is 4.84 Å². The molecule has 2 aromatic heterocycles. The van der Waals surface area contributed by atoms with Gasteiger partial charge in [0.15, 0.2) is 17.3 Å². The first-order chi connectivity index (χ1) is 17.6. The number of nitrogens with zero attached hydrogens (tertiary/aromatic N) is 3. The molecule has 0 saturated heterocycles. The molecule has 2 amide bonds. The van der Waals surface area contributed by atoms with Crippen molar-refractivity contribution in [3.05, 3.63) is 60.8 Å². The number of benzene rings is 2. The highest BCUT2D eigenvalue weighted by Crippen LogP contribution is 2.43. The normalized spacial score (nSPS) is 10.7. The topological polar surface area (TPSA) is 124 Å². The van der Waals surface area contributed by atoms with Crippen LogP contribution < -0.4 is 24.6 Å². The first-order valence-electron chi connectivity index (χ1n) is 11.0. The van der Waals surface area contributed by atoms with Crippen LogP contribution >= 0.6 is 0 Å². The molecule has 4 rings (SSSR count). The van der Waals surface area contributed by atoms with Crippen LogP contribution in [0.5, 0.6) is 17.2 Å². The number of nitrogens with one attached hydrogen (secondary N) is 2. The van der Waals surface area contributed by atoms with E-state index in [0.29, 0.717) is 52.8 Å². The van der Waals surface area contributed by atoms with Crippen LogP contribution in [0.2, 0.25) is 0 Å². The number of urea groups is 1. The van der Waals surface area contributed by atoms with Crippen LogP contribution in [-0.4, -0.2) is 56.1 Å². The van der Waals surface area contributed by atoms with Crippen molar-refractivity contribution >= 4 is 11.7 Å². The zero-order valence-corrected chi connectivity index (χ0v) is 20.4. The molecule has 0 saturated carbocycles. The Morgan fingerprint density at radius 2 is 1.81 bits per heavy atom. The zero-order valence-electron chi connectivity index (χ0n) is 20.4. The minimum atomic E-state index is -0.399. The third kappa shape index (κ3) is 5.10. The number of amides is 2. The van der Waals surface area contributed by atoms with E-state index in [1.165, 1.54) is 12.2 Å². The molecule has 11 heteroatoms. The Morgan fingerprint density at radius 1 is 1.03 bits per heavy atom. The number of rotatable bonds is 10. The Kier molecular flexibility index (Phi) is 7.71. The quantitative estimate of drug-likeness (QED) is 0.317. The second kappa shape index (κ2) is 11.3. The van der Waals surface area contributed by atoms with Crippen LogP contribution in [0.1, 0.15) is 5.69 Å². The van der Waals surface area contributed by atoms with E-state index in [2.05, 4.69) is 20.4 Å². The standard InChI is InChI=1S/C25H27N5O6/c1-32-21-11-17(12-22(33-2)24(21)34-3)23-20(14-29-36-23)16-6-5-7-19(10-16)30(35-4)25(31)27-9-8-18-13-26-15-28-18/h5-7,10-15H,8-9H2,1-4H3,(H,26,28)(H,27,31). The predicted molar refractivity (Wildman–Crippen MR) is 132 cm³/mol. The van der Waals surface area contributed by atoms with Crippen molar-refractivity contribution in [3.8, 4) is 39.7 Å². The minimum absolute atomic E-state index is 0.399. The van der Waals surface area contributed by atoms with E-state index in [4.69, 9.17) is 23.6 Å². The maximum Gasteiger partial charge on any atom is 0.346 e. The van der Waals surface area contributed by atoms with Crippen molar-refractivity contribution in [3.63, 3.8) is 0 Å². The summed E-state index contributed by atoms with van der Waals surface area (Å²) in [6.45, 7) is 0.414. The maximum atomic E-state index is 12.8. The smallest absolute Gasteiger partial charge is 0.346 e. The van der Waals surface area contributed by atoms with Crippen molar-refractivity contribution < 1.29 is 28.4 Å². The number of anilines is 1. The van der Waals surface area contributed by atoms with E-state index in [1.54, 1.807) is 58.2 Å². The number of ether oxygens (including phenoxy) is 3. The number of imidazole rings is 1. The van der Waals surface area contributed by atoms with Crippen LogP contribution in [0.4, 0.5) is 10.5 Å². The van der Waals surface area contributed by atoms with Gasteiger partial charge in [-0.15, -0.1) is 0 Å². The fourth-order valence-corrected chi connectivity index (χ4v) is 3.77. The number of H-pyrrole nitrogens is 1. The Morgan fingerprint density at radius 3 is 2.44 bits per heavy atom. The summed E-state index contributed by atoms with van der Waals surface area (Å²) in [5.74, 6) is 1.95. The summed E-state index contributed by atoms with van der Waals surface area (Å²) in [7, 11) is 6.07. The van der Waals surface area contributed by atoms with Crippen LogP contribution in [0, 0.1) is 0 Å². The van der Waals surface area contributed by atoms with Crippen molar-refractivity contribution in [2.24, 2.45) is 0 Å². The average molecular weight is 494 g/mol. The summed E-state index contributed by atoms with van der Waals surface area (Å²) in [6, 6.07) is 10.5. The summed E-state index contributed by atoms with van der Waals surface area (Å²) in [4.78, 5) is 25.1. The number of aromatic amines is 1. The molecule has 36 heavy (non-hydrogen) atoms. The lowest BCUT2D eigenvalue weighted by molar-refractivity contribution is 0.163. The summed E-state index contributed by atoms with van der Waals surface area (Å²) in [6.07, 6.45) is 5.54. The van der Waals surface area contributed by atoms with Crippen molar-refractivity contribution in [1.82, 2.24) is 20.4 Å². The number of hydroxylamine groups is 1. The molecule has 0 fully saturated rings.